The van der Waals surface area contributed by atoms with E-state index in [-0.39, 0.29) is 6.79 Å². The van der Waals surface area contributed by atoms with Crippen molar-refractivity contribution >= 4 is 0 Å². The van der Waals surface area contributed by atoms with E-state index >= 15 is 0 Å². The minimum absolute atomic E-state index is 0.241. The van der Waals surface area contributed by atoms with Gasteiger partial charge < -0.3 is 65.0 Å². The molecule has 123 heavy (non-hydrogen) atoms. The van der Waals surface area contributed by atoms with Gasteiger partial charge in [0.2, 0.25) is 41.7 Å². The zero-order valence-electron chi connectivity index (χ0n) is 67.7. The highest BCUT2D eigenvalue weighted by Gasteiger charge is 2.22. The van der Waals surface area contributed by atoms with E-state index in [1.165, 1.54) is 5.56 Å². The lowest BCUT2D eigenvalue weighted by molar-refractivity contribution is 0.174. The van der Waals surface area contributed by atoms with Crippen molar-refractivity contribution in [1.82, 2.24) is 90.7 Å². The molecule has 32 heteroatoms. The molecule has 1 aliphatic rings. The van der Waals surface area contributed by atoms with E-state index in [0.717, 1.165) is 90.6 Å². The molecule has 0 unspecified atom stereocenters. The van der Waals surface area contributed by atoms with Gasteiger partial charge in [0.25, 0.3) is 35.3 Å². The molecule has 0 atom stereocenters. The summed E-state index contributed by atoms with van der Waals surface area (Å²) in [6, 6.07) is 61.8. The van der Waals surface area contributed by atoms with Gasteiger partial charge in [0.05, 0.1) is 52.8 Å². The smallest absolute Gasteiger partial charge is 0.262 e. The number of hydrogen-bond acceptors (Lipinski definition) is 32. The summed E-state index contributed by atoms with van der Waals surface area (Å²) in [5.41, 5.74) is 11.3. The van der Waals surface area contributed by atoms with Gasteiger partial charge in [-0.05, 0) is 183 Å². The molecule has 18 aromatic rings. The van der Waals surface area contributed by atoms with Crippen molar-refractivity contribution in [3.63, 3.8) is 0 Å². The van der Waals surface area contributed by atoms with Gasteiger partial charge in [0, 0.05) is 142 Å². The van der Waals surface area contributed by atoms with Crippen LogP contribution in [0.15, 0.2) is 302 Å². The summed E-state index contributed by atoms with van der Waals surface area (Å²) in [6.45, 7) is 10.0. The topological polar surface area (TPSA) is 385 Å². The van der Waals surface area contributed by atoms with Crippen LogP contribution in [0.5, 0.6) is 46.0 Å². The van der Waals surface area contributed by atoms with Gasteiger partial charge in [-0.2, -0.15) is 29.9 Å². The largest absolute Gasteiger partial charge is 0.497 e. The van der Waals surface area contributed by atoms with Crippen LogP contribution in [0.25, 0.3) is 137 Å². The van der Waals surface area contributed by atoms with Crippen molar-refractivity contribution in [1.29, 1.82) is 0 Å². The van der Waals surface area contributed by atoms with Crippen molar-refractivity contribution < 1.29 is 65.0 Å². The summed E-state index contributed by atoms with van der Waals surface area (Å²) in [5, 5.41) is 23.9. The third-order valence-electron chi connectivity index (χ3n) is 17.6. The molecule has 6 aromatic carbocycles. The number of pyridine rings is 6. The summed E-state index contributed by atoms with van der Waals surface area (Å²) in [7, 11) is 6.31. The lowest BCUT2D eigenvalue weighted by Gasteiger charge is -2.11. The van der Waals surface area contributed by atoms with Crippen LogP contribution in [0.4, 0.5) is 0 Å². The van der Waals surface area contributed by atoms with Gasteiger partial charge in [-0.1, -0.05) is 81.5 Å². The van der Waals surface area contributed by atoms with E-state index in [1.54, 1.807) is 127 Å². The molecule has 13 heterocycles. The molecule has 0 saturated carbocycles. The molecule has 0 bridgehead atoms. The fraction of sp³-hybridized carbons (Fsp3) is 0.143. The summed E-state index contributed by atoms with van der Waals surface area (Å²) in [5.74, 6) is 12.0. The maximum Gasteiger partial charge on any atom is 0.262 e. The van der Waals surface area contributed by atoms with Crippen LogP contribution in [0.2, 0.25) is 0 Å². The molecule has 12 aromatic heterocycles. The van der Waals surface area contributed by atoms with Gasteiger partial charge in [-0.3, -0.25) is 29.9 Å². The quantitative estimate of drug-likeness (QED) is 0.0608. The number of fused-ring (bicyclic) bond motifs is 1. The molecule has 32 nitrogen and oxygen atoms in total. The minimum Gasteiger partial charge on any atom is -0.497 e. The van der Waals surface area contributed by atoms with Gasteiger partial charge >= 0.3 is 0 Å². The minimum atomic E-state index is 0.241. The zero-order chi connectivity index (χ0) is 84.9. The van der Waals surface area contributed by atoms with E-state index < -0.39 is 0 Å². The monoisotopic (exact) mass is 1650 g/mol. The molecule has 0 radical (unpaired) electrons. The Morgan fingerprint density at radius 2 is 0.659 bits per heavy atom. The molecule has 0 spiro atoms. The van der Waals surface area contributed by atoms with Crippen molar-refractivity contribution in [2.75, 3.05) is 48.4 Å². The first-order valence-electron chi connectivity index (χ1n) is 38.3. The summed E-state index contributed by atoms with van der Waals surface area (Å²) < 4.78 is 74.6. The molecular formula is C91H78N18O14. The lowest BCUT2D eigenvalue weighted by atomic mass is 10.1. The lowest BCUT2D eigenvalue weighted by Crippen LogP contribution is -2.04. The standard InChI is InChI=1S/C17H17N3O2.C16H15N3O4.C16H15N3O2.C14H9N3O3.C14H11N3O2.C14H11N3O/c1-12(2)11-21-15-5-3-14(4-6-15)17-19-16(20-22-17)13-7-9-18-10-8-13;1-20-12-9-14(22-3)13(21-2)8-11(12)16-18-15(19-23-16)10-4-6-17-7-5-10;1-2-11-20-14-5-3-13(4-6-14)16-18-15(19-21-16)12-7-9-17-10-8-12;1-2-11-12(19-8-18-11)7-10(1)14-16-13(17-20-14)9-3-5-15-6-4-9;1-18-12-4-2-11(3-5-12)14-16-13(17-19-14)10-6-8-15-9-7-10;1-10-4-6-11(7-5-10)13-16-14(18-17-13)12-3-2-8-15-9-12/h3-10,12H,11H2,1-2H3;4-9H,1-3H3;3-10H,2,11H2,1H3;1-7H,8H2;2-9H,1H3;2-9H,1H3. The number of hydrogen-bond donors (Lipinski definition) is 0. The van der Waals surface area contributed by atoms with Gasteiger partial charge in [-0.15, -0.1) is 0 Å². The number of benzene rings is 6. The fourth-order valence-electron chi connectivity index (χ4n) is 11.3. The highest BCUT2D eigenvalue weighted by Crippen LogP contribution is 2.41. The van der Waals surface area contributed by atoms with E-state index in [2.05, 4.69) is 112 Å². The highest BCUT2D eigenvalue weighted by molar-refractivity contribution is 5.71. The predicted octanol–water partition coefficient (Wildman–Crippen LogP) is 18.7. The van der Waals surface area contributed by atoms with Crippen molar-refractivity contribution in [3.8, 4) is 183 Å². The highest BCUT2D eigenvalue weighted by atomic mass is 16.7. The Bertz CT molecular complexity index is 6250. The van der Waals surface area contributed by atoms with Crippen molar-refractivity contribution in [3.05, 3.63) is 280 Å². The molecular weight excluding hydrogens is 1570 g/mol. The second-order valence-corrected chi connectivity index (χ2v) is 26.6. The molecule has 0 aliphatic carbocycles. The summed E-state index contributed by atoms with van der Waals surface area (Å²) >= 11 is 0. The maximum atomic E-state index is 5.66. The number of aromatic nitrogens is 18. The number of methoxy groups -OCH3 is 4. The molecule has 0 amide bonds. The van der Waals surface area contributed by atoms with E-state index in [1.807, 2.05) is 183 Å². The predicted molar refractivity (Wildman–Crippen MR) is 451 cm³/mol. The van der Waals surface area contributed by atoms with Gasteiger partial charge in [0.15, 0.2) is 23.0 Å². The second-order valence-electron chi connectivity index (χ2n) is 26.6. The normalized spacial score (nSPS) is 10.9. The molecule has 19 rings (SSSR count). The van der Waals surface area contributed by atoms with Gasteiger partial charge in [-0.25, -0.2) is 0 Å². The van der Waals surface area contributed by atoms with Crippen molar-refractivity contribution in [2.24, 2.45) is 5.92 Å². The first-order valence-corrected chi connectivity index (χ1v) is 38.3. The number of rotatable bonds is 22. The van der Waals surface area contributed by atoms with Crippen LogP contribution in [0.3, 0.4) is 0 Å². The van der Waals surface area contributed by atoms with E-state index in [4.69, 9.17) is 65.0 Å². The number of nitrogens with zero attached hydrogens (tertiary/aromatic N) is 18. The Hall–Kier alpha value is -16.5. The summed E-state index contributed by atoms with van der Waals surface area (Å²) in [6.07, 6.45) is 21.3. The third kappa shape index (κ3) is 22.2. The number of aryl methyl sites for hydroxylation is 1. The van der Waals surface area contributed by atoms with Crippen LogP contribution in [-0.2, 0) is 0 Å². The Labute approximate surface area is 704 Å². The first-order chi connectivity index (χ1) is 60.4. The Kier molecular flexibility index (Phi) is 28.0. The molecule has 1 aliphatic heterocycles. The number of ether oxygens (including phenoxy) is 8. The molecule has 0 saturated heterocycles. The van der Waals surface area contributed by atoms with Crippen LogP contribution >= 0.6 is 0 Å². The van der Waals surface area contributed by atoms with Crippen LogP contribution in [0.1, 0.15) is 32.8 Å². The average Bonchev–Trinajstić information content (AvgIpc) is 1.77. The Morgan fingerprint density at radius 1 is 0.309 bits per heavy atom. The van der Waals surface area contributed by atoms with Gasteiger partial charge in [0.1, 0.15) is 23.0 Å². The third-order valence-corrected chi connectivity index (χ3v) is 17.6. The van der Waals surface area contributed by atoms with Crippen molar-refractivity contribution in [2.45, 2.75) is 34.1 Å². The maximum absolute atomic E-state index is 5.66. The average molecular weight is 1650 g/mol. The Balaban J connectivity index is 0.000000120. The van der Waals surface area contributed by atoms with E-state index in [9.17, 15) is 0 Å². The van der Waals surface area contributed by atoms with E-state index in [0.29, 0.717) is 118 Å². The Morgan fingerprint density at radius 3 is 1.05 bits per heavy atom. The van der Waals surface area contributed by atoms with Crippen LogP contribution in [0, 0.1) is 12.8 Å². The fourth-order valence-corrected chi connectivity index (χ4v) is 11.3. The zero-order valence-corrected chi connectivity index (χ0v) is 67.7. The molecule has 0 fully saturated rings. The van der Waals surface area contributed by atoms with Crippen LogP contribution < -0.4 is 37.9 Å². The molecule has 0 N–H and O–H groups in total. The SMILES string of the molecule is CC(C)COc1ccc(-c2nc(-c3ccncc3)no2)cc1.CCCOc1ccc(-c2nc(-c3ccncc3)no2)cc1.COc1cc(OC)c(-c2nc(-c3ccncc3)no2)cc1OC.COc1ccc(-c2nc(-c3ccncc3)no2)cc1.Cc1ccc(-c2noc(-c3cccnc3)n2)cc1.c1cc(-c2noc(-c3ccc4c(c3)OCO4)n2)ccn1. The molecule has 616 valence electrons. The second kappa shape index (κ2) is 41.5. The van der Waals surface area contributed by atoms with Crippen LogP contribution in [-0.4, -0.2) is 139 Å². The first kappa shape index (κ1) is 83.0. The summed E-state index contributed by atoms with van der Waals surface area (Å²) in [4.78, 5) is 50.2.